The number of ether oxygens (including phenoxy) is 2. The zero-order chi connectivity index (χ0) is 9.53. The maximum atomic E-state index is 11.3. The summed E-state index contributed by atoms with van der Waals surface area (Å²) >= 11 is 0. The van der Waals surface area contributed by atoms with Crippen molar-refractivity contribution in [2.45, 2.75) is 38.9 Å². The van der Waals surface area contributed by atoms with Crippen LogP contribution < -0.4 is 0 Å². The van der Waals surface area contributed by atoms with Crippen LogP contribution in [0, 0.1) is 5.41 Å². The van der Waals surface area contributed by atoms with E-state index in [0.717, 1.165) is 6.42 Å². The number of hydrogen-bond donors (Lipinski definition) is 0. The third-order valence-corrected chi connectivity index (χ3v) is 3.16. The van der Waals surface area contributed by atoms with E-state index in [-0.39, 0.29) is 5.41 Å². The first kappa shape index (κ1) is 9.16. The molecule has 1 aliphatic carbocycles. The van der Waals surface area contributed by atoms with Crippen LogP contribution in [0.15, 0.2) is 0 Å². The van der Waals surface area contributed by atoms with Crippen LogP contribution in [0.3, 0.4) is 0 Å². The van der Waals surface area contributed by atoms with Crippen LogP contribution in [0.4, 0.5) is 0 Å². The van der Waals surface area contributed by atoms with Gasteiger partial charge >= 0.3 is 0 Å². The van der Waals surface area contributed by atoms with Crippen LogP contribution in [0.2, 0.25) is 0 Å². The molecular formula is C10H16O3. The first-order valence-corrected chi connectivity index (χ1v) is 4.85. The molecular weight excluding hydrogens is 168 g/mol. The molecule has 2 rings (SSSR count). The minimum absolute atomic E-state index is 0.168. The zero-order valence-corrected chi connectivity index (χ0v) is 8.26. The van der Waals surface area contributed by atoms with Crippen LogP contribution in [0.25, 0.3) is 0 Å². The lowest BCUT2D eigenvalue weighted by molar-refractivity contribution is -0.241. The Morgan fingerprint density at radius 1 is 1.23 bits per heavy atom. The van der Waals surface area contributed by atoms with Gasteiger partial charge < -0.3 is 9.47 Å². The van der Waals surface area contributed by atoms with Gasteiger partial charge in [0.05, 0.1) is 13.2 Å². The summed E-state index contributed by atoms with van der Waals surface area (Å²) in [5, 5.41) is 0. The third kappa shape index (κ3) is 1.30. The number of ketones is 1. The predicted octanol–water partition coefficient (Wildman–Crippen LogP) is 1.51. The molecule has 0 N–H and O–H groups in total. The number of hydrogen-bond acceptors (Lipinski definition) is 3. The standard InChI is InChI=1S/C10H16O3/c1-9(2)7-8(11)3-4-10(9)12-5-6-13-10/h3-7H2,1-2H3. The monoisotopic (exact) mass is 184 g/mol. The second-order valence-corrected chi connectivity index (χ2v) is 4.55. The van der Waals surface area contributed by atoms with E-state index in [4.69, 9.17) is 9.47 Å². The molecule has 0 unspecified atom stereocenters. The number of rotatable bonds is 0. The van der Waals surface area contributed by atoms with Gasteiger partial charge in [0.2, 0.25) is 0 Å². The summed E-state index contributed by atoms with van der Waals surface area (Å²) in [5.74, 6) is -0.143. The predicted molar refractivity (Wildman–Crippen MR) is 47.3 cm³/mol. The fourth-order valence-corrected chi connectivity index (χ4v) is 2.35. The average Bonchev–Trinajstić information content (AvgIpc) is 2.47. The smallest absolute Gasteiger partial charge is 0.174 e. The molecule has 1 aliphatic heterocycles. The van der Waals surface area contributed by atoms with Gasteiger partial charge in [0.15, 0.2) is 5.79 Å². The largest absolute Gasteiger partial charge is 0.347 e. The molecule has 0 amide bonds. The van der Waals surface area contributed by atoms with Gasteiger partial charge in [0.1, 0.15) is 5.78 Å². The molecule has 0 radical (unpaired) electrons. The highest BCUT2D eigenvalue weighted by Crippen LogP contribution is 2.47. The lowest BCUT2D eigenvalue weighted by atomic mass is 9.71. The molecule has 0 atom stereocenters. The van der Waals surface area contributed by atoms with Gasteiger partial charge in [-0.1, -0.05) is 13.8 Å². The van der Waals surface area contributed by atoms with Gasteiger partial charge in [-0.25, -0.2) is 0 Å². The van der Waals surface area contributed by atoms with Crippen LogP contribution in [0.5, 0.6) is 0 Å². The quantitative estimate of drug-likeness (QED) is 0.572. The van der Waals surface area contributed by atoms with Crippen LogP contribution in [-0.2, 0) is 14.3 Å². The van der Waals surface area contributed by atoms with Crippen LogP contribution >= 0.6 is 0 Å². The van der Waals surface area contributed by atoms with Gasteiger partial charge in [0.25, 0.3) is 0 Å². The van der Waals surface area contributed by atoms with Crippen molar-refractivity contribution >= 4 is 5.78 Å². The Kier molecular flexibility index (Phi) is 1.96. The highest BCUT2D eigenvalue weighted by Gasteiger charge is 2.53. The molecule has 3 nitrogen and oxygen atoms in total. The van der Waals surface area contributed by atoms with Gasteiger partial charge in [-0.05, 0) is 0 Å². The van der Waals surface area contributed by atoms with Gasteiger partial charge in [-0.2, -0.15) is 0 Å². The molecule has 0 aromatic heterocycles. The molecule has 1 heterocycles. The Balaban J connectivity index is 2.23. The molecule has 1 saturated carbocycles. The fourth-order valence-electron chi connectivity index (χ4n) is 2.35. The maximum Gasteiger partial charge on any atom is 0.174 e. The van der Waals surface area contributed by atoms with Crippen molar-refractivity contribution < 1.29 is 14.3 Å². The molecule has 1 spiro atoms. The Morgan fingerprint density at radius 2 is 1.85 bits per heavy atom. The Bertz CT molecular complexity index is 226. The van der Waals surface area contributed by atoms with E-state index in [9.17, 15) is 4.79 Å². The highest BCUT2D eigenvalue weighted by atomic mass is 16.7. The molecule has 3 heteroatoms. The van der Waals surface area contributed by atoms with Crippen molar-refractivity contribution in [3.8, 4) is 0 Å². The summed E-state index contributed by atoms with van der Waals surface area (Å²) in [6, 6.07) is 0. The molecule has 1 saturated heterocycles. The first-order valence-electron chi connectivity index (χ1n) is 4.85. The average molecular weight is 184 g/mol. The van der Waals surface area contributed by atoms with E-state index in [0.29, 0.717) is 31.8 Å². The van der Waals surface area contributed by atoms with Crippen molar-refractivity contribution in [2.75, 3.05) is 13.2 Å². The Morgan fingerprint density at radius 3 is 2.38 bits per heavy atom. The van der Waals surface area contributed by atoms with E-state index in [1.165, 1.54) is 0 Å². The van der Waals surface area contributed by atoms with E-state index in [1.54, 1.807) is 0 Å². The van der Waals surface area contributed by atoms with Crippen molar-refractivity contribution in [3.63, 3.8) is 0 Å². The molecule has 0 aromatic rings. The number of carbonyl (C=O) groups excluding carboxylic acids is 1. The topological polar surface area (TPSA) is 35.5 Å². The summed E-state index contributed by atoms with van der Waals surface area (Å²) in [7, 11) is 0. The normalized spacial score (nSPS) is 31.1. The van der Waals surface area contributed by atoms with E-state index >= 15 is 0 Å². The molecule has 2 aliphatic rings. The van der Waals surface area contributed by atoms with Gasteiger partial charge in [-0.3, -0.25) is 4.79 Å². The minimum Gasteiger partial charge on any atom is -0.347 e. The van der Waals surface area contributed by atoms with Crippen LogP contribution in [0.1, 0.15) is 33.1 Å². The second-order valence-electron chi connectivity index (χ2n) is 4.55. The molecule has 0 aromatic carbocycles. The highest BCUT2D eigenvalue weighted by molar-refractivity contribution is 5.80. The Labute approximate surface area is 78.4 Å². The van der Waals surface area contributed by atoms with Gasteiger partial charge in [-0.15, -0.1) is 0 Å². The Hall–Kier alpha value is -0.410. The minimum atomic E-state index is -0.471. The summed E-state index contributed by atoms with van der Waals surface area (Å²) in [5.41, 5.74) is -0.168. The molecule has 13 heavy (non-hydrogen) atoms. The summed E-state index contributed by atoms with van der Waals surface area (Å²) in [6.45, 7) is 5.43. The van der Waals surface area contributed by atoms with Crippen molar-refractivity contribution in [1.82, 2.24) is 0 Å². The van der Waals surface area contributed by atoms with E-state index in [1.807, 2.05) is 0 Å². The third-order valence-electron chi connectivity index (χ3n) is 3.16. The maximum absolute atomic E-state index is 11.3. The number of carbonyl (C=O) groups is 1. The lowest BCUT2D eigenvalue weighted by Crippen LogP contribution is -2.50. The first-order chi connectivity index (χ1) is 6.06. The number of Topliss-reactive ketones (excluding diaryl/α,β-unsaturated/α-hetero) is 1. The van der Waals surface area contributed by atoms with Crippen molar-refractivity contribution in [3.05, 3.63) is 0 Å². The zero-order valence-electron chi connectivity index (χ0n) is 8.26. The SMILES string of the molecule is CC1(C)CC(=O)CCC12OCCO2. The van der Waals surface area contributed by atoms with E-state index in [2.05, 4.69) is 13.8 Å². The van der Waals surface area contributed by atoms with Crippen molar-refractivity contribution in [2.24, 2.45) is 5.41 Å². The molecule has 74 valence electrons. The summed E-state index contributed by atoms with van der Waals surface area (Å²) in [6.07, 6.45) is 1.90. The fraction of sp³-hybridized carbons (Fsp3) is 0.900. The van der Waals surface area contributed by atoms with E-state index < -0.39 is 5.79 Å². The summed E-state index contributed by atoms with van der Waals surface area (Å²) < 4.78 is 11.3. The second kappa shape index (κ2) is 2.79. The lowest BCUT2D eigenvalue weighted by Gasteiger charge is -2.44. The van der Waals surface area contributed by atoms with Crippen LogP contribution in [-0.4, -0.2) is 24.8 Å². The molecule has 2 fully saturated rings. The summed E-state index contributed by atoms with van der Waals surface area (Å²) in [4.78, 5) is 11.3. The molecule has 0 bridgehead atoms. The van der Waals surface area contributed by atoms with Gasteiger partial charge in [0, 0.05) is 24.7 Å². The van der Waals surface area contributed by atoms with Crippen molar-refractivity contribution in [1.29, 1.82) is 0 Å².